The van der Waals surface area contributed by atoms with Crippen LogP contribution in [-0.2, 0) is 19.1 Å². The minimum Gasteiger partial charge on any atom is -0.451 e. The Morgan fingerprint density at radius 2 is 1.70 bits per heavy atom. The van der Waals surface area contributed by atoms with Crippen LogP contribution in [0.3, 0.4) is 0 Å². The van der Waals surface area contributed by atoms with Crippen LogP contribution < -0.4 is 10.6 Å². The highest BCUT2D eigenvalue weighted by Gasteiger charge is 2.50. The highest BCUT2D eigenvalue weighted by atomic mass is 16.5. The second kappa shape index (κ2) is 9.73. The van der Waals surface area contributed by atoms with Gasteiger partial charge in [-0.25, -0.2) is 4.79 Å². The number of nitrogens with one attached hydrogen (secondary N) is 2. The van der Waals surface area contributed by atoms with Crippen molar-refractivity contribution in [3.8, 4) is 0 Å². The van der Waals surface area contributed by atoms with Crippen LogP contribution >= 0.6 is 0 Å². The van der Waals surface area contributed by atoms with E-state index in [1.807, 2.05) is 45.9 Å². The van der Waals surface area contributed by atoms with Crippen molar-refractivity contribution in [1.29, 1.82) is 0 Å². The van der Waals surface area contributed by atoms with Crippen LogP contribution in [0, 0.1) is 13.8 Å². The first-order chi connectivity index (χ1) is 14.1. The maximum Gasteiger partial charge on any atom is 0.327 e. The van der Waals surface area contributed by atoms with Crippen molar-refractivity contribution < 1.29 is 23.9 Å². The van der Waals surface area contributed by atoms with E-state index in [9.17, 15) is 19.2 Å². The van der Waals surface area contributed by atoms with Gasteiger partial charge in [0.2, 0.25) is 0 Å². The fourth-order valence-electron chi connectivity index (χ4n) is 3.79. The molecule has 0 aromatic heterocycles. The predicted molar refractivity (Wildman–Crippen MR) is 113 cm³/mol. The number of urea groups is 1. The van der Waals surface area contributed by atoms with Gasteiger partial charge in [0.25, 0.3) is 11.8 Å². The molecule has 0 spiro atoms. The molecule has 1 aromatic carbocycles. The highest BCUT2D eigenvalue weighted by Crippen LogP contribution is 2.28. The molecular formula is C22H31N3O5. The number of imide groups is 1. The number of carbonyl (C=O) groups excluding carboxylic acids is 4. The highest BCUT2D eigenvalue weighted by molar-refractivity contribution is 6.08. The third-order valence-electron chi connectivity index (χ3n) is 5.29. The first-order valence-corrected chi connectivity index (χ1v) is 10.4. The molecule has 0 saturated carbocycles. The maximum absolute atomic E-state index is 12.8. The lowest BCUT2D eigenvalue weighted by Gasteiger charge is -2.25. The average Bonchev–Trinajstić information content (AvgIpc) is 2.89. The van der Waals surface area contributed by atoms with E-state index in [2.05, 4.69) is 10.6 Å². The molecule has 0 unspecified atom stereocenters. The van der Waals surface area contributed by atoms with Gasteiger partial charge in [-0.2, -0.15) is 0 Å². The lowest BCUT2D eigenvalue weighted by molar-refractivity contribution is -0.155. The smallest absolute Gasteiger partial charge is 0.327 e. The lowest BCUT2D eigenvalue weighted by Crippen LogP contribution is -2.47. The molecule has 2 N–H and O–H groups in total. The molecule has 1 aliphatic heterocycles. The molecule has 8 heteroatoms. The minimum absolute atomic E-state index is 0.416. The molecule has 164 valence electrons. The number of carbonyl (C=O) groups is 4. The Kier molecular flexibility index (Phi) is 7.59. The van der Waals surface area contributed by atoms with Gasteiger partial charge in [0.05, 0.1) is 0 Å². The van der Waals surface area contributed by atoms with E-state index in [4.69, 9.17) is 4.74 Å². The van der Waals surface area contributed by atoms with Gasteiger partial charge in [0.15, 0.2) is 6.10 Å². The van der Waals surface area contributed by atoms with E-state index in [0.717, 1.165) is 28.9 Å². The van der Waals surface area contributed by atoms with Crippen LogP contribution in [0.2, 0.25) is 0 Å². The number of rotatable bonds is 9. The number of ether oxygens (including phenoxy) is 1. The number of esters is 1. The normalized spacial score (nSPS) is 16.2. The molecule has 0 radical (unpaired) electrons. The Labute approximate surface area is 177 Å². The lowest BCUT2D eigenvalue weighted by atomic mass is 9.88. The minimum atomic E-state index is -1.08. The molecule has 1 heterocycles. The van der Waals surface area contributed by atoms with Crippen LogP contribution in [0.1, 0.15) is 57.6 Å². The zero-order valence-corrected chi connectivity index (χ0v) is 18.3. The van der Waals surface area contributed by atoms with Crippen molar-refractivity contribution in [2.45, 2.75) is 71.9 Å². The second-order valence-electron chi connectivity index (χ2n) is 7.79. The van der Waals surface area contributed by atoms with Gasteiger partial charge in [0, 0.05) is 5.69 Å². The van der Waals surface area contributed by atoms with Crippen molar-refractivity contribution in [3.05, 3.63) is 29.3 Å². The van der Waals surface area contributed by atoms with E-state index in [1.54, 1.807) is 0 Å². The largest absolute Gasteiger partial charge is 0.451 e. The van der Waals surface area contributed by atoms with E-state index in [0.29, 0.717) is 18.5 Å². The zero-order chi connectivity index (χ0) is 22.5. The molecule has 1 aliphatic rings. The Hall–Kier alpha value is -2.90. The third-order valence-corrected chi connectivity index (χ3v) is 5.29. The standard InChI is InChI=1S/C22H31N3O5/c1-6-11-22(12-7-2)20(28)25(21(29)24-22)13-17(26)30-16(5)19(27)23-18-14(3)9-8-10-15(18)4/h8-10,16H,6-7,11-13H2,1-5H3,(H,23,27)(H,24,29)/t16-/m0/s1. The number of amides is 4. The quantitative estimate of drug-likeness (QED) is 0.475. The van der Waals surface area contributed by atoms with Gasteiger partial charge in [0.1, 0.15) is 12.1 Å². The average molecular weight is 418 g/mol. The van der Waals surface area contributed by atoms with Crippen LogP contribution in [-0.4, -0.2) is 46.9 Å². The van der Waals surface area contributed by atoms with E-state index in [-0.39, 0.29) is 0 Å². The van der Waals surface area contributed by atoms with E-state index in [1.165, 1.54) is 6.92 Å². The summed E-state index contributed by atoms with van der Waals surface area (Å²) in [4.78, 5) is 50.8. The number of anilines is 1. The van der Waals surface area contributed by atoms with Crippen molar-refractivity contribution in [2.75, 3.05) is 11.9 Å². The molecule has 8 nitrogen and oxygen atoms in total. The maximum atomic E-state index is 12.8. The molecule has 1 saturated heterocycles. The SMILES string of the molecule is CCCC1(CCC)NC(=O)N(CC(=O)O[C@@H](C)C(=O)Nc2c(C)cccc2C)C1=O. The van der Waals surface area contributed by atoms with Gasteiger partial charge in [-0.1, -0.05) is 44.9 Å². The Balaban J connectivity index is 2.00. The fraction of sp³-hybridized carbons (Fsp3) is 0.545. The van der Waals surface area contributed by atoms with E-state index < -0.39 is 42.0 Å². The first kappa shape index (κ1) is 23.4. The number of aryl methyl sites for hydroxylation is 2. The topological polar surface area (TPSA) is 105 Å². The van der Waals surface area contributed by atoms with Crippen LogP contribution in [0.5, 0.6) is 0 Å². The number of para-hydroxylation sites is 1. The Morgan fingerprint density at radius 1 is 1.13 bits per heavy atom. The van der Waals surface area contributed by atoms with Crippen molar-refractivity contribution in [3.63, 3.8) is 0 Å². The Bertz CT molecular complexity index is 810. The van der Waals surface area contributed by atoms with Gasteiger partial charge in [-0.15, -0.1) is 0 Å². The van der Waals surface area contributed by atoms with Gasteiger partial charge < -0.3 is 15.4 Å². The van der Waals surface area contributed by atoms with Crippen LogP contribution in [0.25, 0.3) is 0 Å². The van der Waals surface area contributed by atoms with Gasteiger partial charge in [-0.05, 0) is 44.7 Å². The molecule has 2 rings (SSSR count). The monoisotopic (exact) mass is 417 g/mol. The summed E-state index contributed by atoms with van der Waals surface area (Å²) in [6.45, 7) is 8.53. The van der Waals surface area contributed by atoms with Gasteiger partial charge >= 0.3 is 12.0 Å². The predicted octanol–water partition coefficient (Wildman–Crippen LogP) is 3.06. The number of hydrogen-bond donors (Lipinski definition) is 2. The molecule has 1 fully saturated rings. The van der Waals surface area contributed by atoms with Crippen LogP contribution in [0.4, 0.5) is 10.5 Å². The first-order valence-electron chi connectivity index (χ1n) is 10.4. The van der Waals surface area contributed by atoms with Crippen molar-refractivity contribution in [2.24, 2.45) is 0 Å². The molecular weight excluding hydrogens is 386 g/mol. The number of benzene rings is 1. The summed E-state index contributed by atoms with van der Waals surface area (Å²) in [5.74, 6) is -1.71. The molecule has 1 aromatic rings. The molecule has 30 heavy (non-hydrogen) atoms. The second-order valence-corrected chi connectivity index (χ2v) is 7.79. The van der Waals surface area contributed by atoms with Crippen LogP contribution in [0.15, 0.2) is 18.2 Å². The molecule has 0 aliphatic carbocycles. The summed E-state index contributed by atoms with van der Waals surface area (Å²) >= 11 is 0. The van der Waals surface area contributed by atoms with Gasteiger partial charge in [-0.3, -0.25) is 19.3 Å². The van der Waals surface area contributed by atoms with Crippen molar-refractivity contribution in [1.82, 2.24) is 10.2 Å². The summed E-state index contributed by atoms with van der Waals surface area (Å²) in [6, 6.07) is 5.02. The fourth-order valence-corrected chi connectivity index (χ4v) is 3.79. The summed E-state index contributed by atoms with van der Waals surface area (Å²) in [5, 5.41) is 5.51. The summed E-state index contributed by atoms with van der Waals surface area (Å²) in [5.41, 5.74) is 1.49. The summed E-state index contributed by atoms with van der Waals surface area (Å²) in [6.07, 6.45) is 1.38. The number of hydrogen-bond acceptors (Lipinski definition) is 5. The summed E-state index contributed by atoms with van der Waals surface area (Å²) < 4.78 is 5.19. The Morgan fingerprint density at radius 3 is 2.23 bits per heavy atom. The molecule has 0 bridgehead atoms. The number of nitrogens with zero attached hydrogens (tertiary/aromatic N) is 1. The third kappa shape index (κ3) is 4.98. The van der Waals surface area contributed by atoms with Crippen molar-refractivity contribution >= 4 is 29.5 Å². The zero-order valence-electron chi connectivity index (χ0n) is 18.3. The summed E-state index contributed by atoms with van der Waals surface area (Å²) in [7, 11) is 0. The molecule has 4 amide bonds. The van der Waals surface area contributed by atoms with E-state index >= 15 is 0 Å². The molecule has 1 atom stereocenters.